The number of likely N-dealkylation sites (tertiary alicyclic amines) is 1. The molecule has 0 bridgehead atoms. The number of hydrogen-bond acceptors (Lipinski definition) is 6. The SMILES string of the molecule is CC1CCC(N2CCCC(O)C2)CC1.N#Cc1nc2cnc(N)c(Br)c2n1CC(F)(F)F. The normalized spacial score (nSPS) is 24.6. The molecule has 1 saturated heterocycles. The average molecular weight is 517 g/mol. The van der Waals surface area contributed by atoms with Crippen molar-refractivity contribution in [3.05, 3.63) is 16.5 Å². The van der Waals surface area contributed by atoms with Crippen molar-refractivity contribution in [3.63, 3.8) is 0 Å². The van der Waals surface area contributed by atoms with Crippen LogP contribution in [0.15, 0.2) is 10.7 Å². The van der Waals surface area contributed by atoms with Gasteiger partial charge in [0.05, 0.1) is 22.3 Å². The summed E-state index contributed by atoms with van der Waals surface area (Å²) in [5.41, 5.74) is 5.79. The summed E-state index contributed by atoms with van der Waals surface area (Å²) in [6.07, 6.45) is 4.39. The Morgan fingerprint density at radius 2 is 1.97 bits per heavy atom. The van der Waals surface area contributed by atoms with Gasteiger partial charge in [0.25, 0.3) is 0 Å². The topological polar surface area (TPSA) is 104 Å². The van der Waals surface area contributed by atoms with Gasteiger partial charge in [-0.25, -0.2) is 9.97 Å². The number of nitrogens with zero attached hydrogens (tertiary/aromatic N) is 5. The third kappa shape index (κ3) is 6.11. The zero-order chi connectivity index (χ0) is 23.5. The third-order valence-corrected chi connectivity index (χ3v) is 6.90. The fourth-order valence-corrected chi connectivity index (χ4v) is 4.96. The third-order valence-electron chi connectivity index (χ3n) is 6.12. The lowest BCUT2D eigenvalue weighted by Crippen LogP contribution is -2.45. The molecule has 2 aromatic rings. The summed E-state index contributed by atoms with van der Waals surface area (Å²) >= 11 is 3.06. The number of nitrogens with two attached hydrogens (primary N) is 1. The van der Waals surface area contributed by atoms with E-state index in [1.807, 2.05) is 0 Å². The van der Waals surface area contributed by atoms with Crippen molar-refractivity contribution >= 4 is 32.8 Å². The molecule has 2 aromatic heterocycles. The Balaban J connectivity index is 0.000000186. The second-order valence-corrected chi connectivity index (χ2v) is 9.44. The summed E-state index contributed by atoms with van der Waals surface area (Å²) in [7, 11) is 0. The lowest BCUT2D eigenvalue weighted by atomic mass is 9.86. The van der Waals surface area contributed by atoms with Gasteiger partial charge in [0, 0.05) is 12.6 Å². The molecule has 1 unspecified atom stereocenters. The van der Waals surface area contributed by atoms with E-state index in [0.717, 1.165) is 29.5 Å². The number of aliphatic hydroxyl groups is 1. The van der Waals surface area contributed by atoms with E-state index in [1.165, 1.54) is 44.8 Å². The number of imidazole rings is 1. The maximum absolute atomic E-state index is 12.5. The van der Waals surface area contributed by atoms with Crippen molar-refractivity contribution in [1.82, 2.24) is 19.4 Å². The molecule has 7 nitrogen and oxygen atoms in total. The molecule has 0 aromatic carbocycles. The van der Waals surface area contributed by atoms with E-state index in [0.29, 0.717) is 0 Å². The minimum Gasteiger partial charge on any atom is -0.392 e. The number of halogens is 4. The van der Waals surface area contributed by atoms with Crippen LogP contribution in [0, 0.1) is 17.2 Å². The molecule has 1 saturated carbocycles. The maximum Gasteiger partial charge on any atom is 0.406 e. The molecule has 32 heavy (non-hydrogen) atoms. The number of pyridine rings is 1. The van der Waals surface area contributed by atoms with Gasteiger partial charge in [-0.3, -0.25) is 4.90 Å². The molecule has 2 fully saturated rings. The van der Waals surface area contributed by atoms with Crippen LogP contribution >= 0.6 is 15.9 Å². The Morgan fingerprint density at radius 1 is 1.28 bits per heavy atom. The van der Waals surface area contributed by atoms with Crippen molar-refractivity contribution in [2.45, 2.75) is 70.3 Å². The Morgan fingerprint density at radius 3 is 2.56 bits per heavy atom. The zero-order valence-electron chi connectivity index (χ0n) is 17.9. The van der Waals surface area contributed by atoms with Crippen molar-refractivity contribution in [2.24, 2.45) is 5.92 Å². The number of nitriles is 1. The second-order valence-electron chi connectivity index (χ2n) is 8.64. The predicted molar refractivity (Wildman–Crippen MR) is 119 cm³/mol. The number of aliphatic hydroxyl groups excluding tert-OH is 1. The van der Waals surface area contributed by atoms with Gasteiger partial charge in [-0.05, 0) is 66.9 Å². The molecule has 4 rings (SSSR count). The Bertz CT molecular complexity index is 965. The summed E-state index contributed by atoms with van der Waals surface area (Å²) in [4.78, 5) is 10.1. The van der Waals surface area contributed by atoms with Crippen molar-refractivity contribution in [1.29, 1.82) is 5.26 Å². The minimum absolute atomic E-state index is 0.0373. The van der Waals surface area contributed by atoms with Crippen LogP contribution in [0.5, 0.6) is 0 Å². The lowest BCUT2D eigenvalue weighted by Gasteiger charge is -2.39. The number of anilines is 1. The average Bonchev–Trinajstić information content (AvgIpc) is 3.08. The number of nitrogen functional groups attached to an aromatic ring is 1. The largest absolute Gasteiger partial charge is 0.406 e. The van der Waals surface area contributed by atoms with Crippen molar-refractivity contribution < 1.29 is 18.3 Å². The van der Waals surface area contributed by atoms with Crippen molar-refractivity contribution in [2.75, 3.05) is 18.8 Å². The molecule has 0 radical (unpaired) electrons. The number of aromatic nitrogens is 3. The second kappa shape index (κ2) is 10.4. The summed E-state index contributed by atoms with van der Waals surface area (Å²) < 4.78 is 38.4. The van der Waals surface area contributed by atoms with E-state index in [9.17, 15) is 18.3 Å². The molecule has 1 aliphatic carbocycles. The number of alkyl halides is 3. The van der Waals surface area contributed by atoms with Crippen molar-refractivity contribution in [3.8, 4) is 6.07 Å². The minimum atomic E-state index is -4.46. The van der Waals surface area contributed by atoms with Crippen LogP contribution in [0.4, 0.5) is 19.0 Å². The first-order valence-corrected chi connectivity index (χ1v) is 11.6. The molecule has 11 heteroatoms. The Hall–Kier alpha value is -1.90. The smallest absolute Gasteiger partial charge is 0.392 e. The summed E-state index contributed by atoms with van der Waals surface area (Å²) in [5, 5.41) is 18.4. The Labute approximate surface area is 193 Å². The van der Waals surface area contributed by atoms with E-state index in [4.69, 9.17) is 11.0 Å². The van der Waals surface area contributed by atoms with Gasteiger partial charge in [0.15, 0.2) is 0 Å². The molecule has 3 heterocycles. The van der Waals surface area contributed by atoms with Crippen LogP contribution in [0.1, 0.15) is 51.3 Å². The summed E-state index contributed by atoms with van der Waals surface area (Å²) in [5.74, 6) is 0.631. The van der Waals surface area contributed by atoms with Crippen LogP contribution in [-0.2, 0) is 6.54 Å². The van der Waals surface area contributed by atoms with Crippen LogP contribution < -0.4 is 5.73 Å². The highest BCUT2D eigenvalue weighted by molar-refractivity contribution is 9.10. The lowest BCUT2D eigenvalue weighted by molar-refractivity contribution is -0.140. The number of rotatable bonds is 2. The summed E-state index contributed by atoms with van der Waals surface area (Å²) in [6, 6.07) is 2.40. The molecule has 176 valence electrons. The fraction of sp³-hybridized carbons (Fsp3) is 0.667. The standard InChI is InChI=1S/C12H23NO.C9H5BrF3N5/c1-10-4-6-11(7-5-10)13-8-2-3-12(14)9-13;10-6-7-4(2-16-8(6)15)17-5(1-14)18(7)3-9(11,12)13/h10-12,14H,2-9H2,1H3;2H,3H2,(H2,15,16). The highest BCUT2D eigenvalue weighted by atomic mass is 79.9. The van der Waals surface area contributed by atoms with Gasteiger partial charge >= 0.3 is 6.18 Å². The molecule has 1 aliphatic heterocycles. The van der Waals surface area contributed by atoms with Crippen LogP contribution in [0.3, 0.4) is 0 Å². The molecule has 2 aliphatic rings. The quantitative estimate of drug-likeness (QED) is 0.618. The molecule has 0 spiro atoms. The van der Waals surface area contributed by atoms with Crippen LogP contribution in [0.25, 0.3) is 11.0 Å². The van der Waals surface area contributed by atoms with Gasteiger partial charge < -0.3 is 15.4 Å². The molecular formula is C21H28BrF3N6O. The molecule has 0 amide bonds. The van der Waals surface area contributed by atoms with Gasteiger partial charge in [-0.2, -0.15) is 18.4 Å². The van der Waals surface area contributed by atoms with Gasteiger partial charge in [-0.1, -0.05) is 6.92 Å². The highest BCUT2D eigenvalue weighted by Crippen LogP contribution is 2.31. The Kier molecular flexibility index (Phi) is 8.01. The van der Waals surface area contributed by atoms with E-state index < -0.39 is 12.7 Å². The van der Waals surface area contributed by atoms with Gasteiger partial charge in [0.2, 0.25) is 5.82 Å². The van der Waals surface area contributed by atoms with Gasteiger partial charge in [-0.15, -0.1) is 0 Å². The zero-order valence-corrected chi connectivity index (χ0v) is 19.5. The first-order chi connectivity index (χ1) is 15.1. The number of fused-ring (bicyclic) bond motifs is 1. The molecular weight excluding hydrogens is 489 g/mol. The summed E-state index contributed by atoms with van der Waals surface area (Å²) in [6.45, 7) is 3.20. The number of β-amino-alcohol motifs (C(OH)–C–C–N with tert-alkyl or cyclic N) is 1. The predicted octanol–water partition coefficient (Wildman–Crippen LogP) is 4.23. The van der Waals surface area contributed by atoms with E-state index in [2.05, 4.69) is 37.7 Å². The highest BCUT2D eigenvalue weighted by Gasteiger charge is 2.31. The number of hydrogen-bond donors (Lipinski definition) is 2. The number of piperidine rings is 1. The first kappa shape index (κ1) is 24.7. The maximum atomic E-state index is 12.5. The van der Waals surface area contributed by atoms with E-state index in [1.54, 1.807) is 6.07 Å². The molecule has 3 N–H and O–H groups in total. The van der Waals surface area contributed by atoms with Gasteiger partial charge in [0.1, 0.15) is 23.9 Å². The molecule has 1 atom stereocenters. The van der Waals surface area contributed by atoms with E-state index in [-0.39, 0.29) is 33.3 Å². The van der Waals surface area contributed by atoms with Crippen LogP contribution in [-0.4, -0.2) is 56.0 Å². The first-order valence-electron chi connectivity index (χ1n) is 10.8. The fourth-order valence-electron chi connectivity index (χ4n) is 4.44. The van der Waals surface area contributed by atoms with E-state index >= 15 is 0 Å². The van der Waals surface area contributed by atoms with Crippen LogP contribution in [0.2, 0.25) is 0 Å². The monoisotopic (exact) mass is 516 g/mol.